The van der Waals surface area contributed by atoms with Crippen LogP contribution in [-0.2, 0) is 57.8 Å². The van der Waals surface area contributed by atoms with Gasteiger partial charge in [0.2, 0.25) is 0 Å². The minimum absolute atomic E-state index is 0. The summed E-state index contributed by atoms with van der Waals surface area (Å²) in [6.45, 7) is 4.97. The molecule has 0 saturated carbocycles. The summed E-state index contributed by atoms with van der Waals surface area (Å²) in [5.41, 5.74) is 0. The maximum atomic E-state index is 11.3. The van der Waals surface area contributed by atoms with E-state index in [1.165, 1.54) is 89.9 Å². The summed E-state index contributed by atoms with van der Waals surface area (Å²) in [4.78, 5) is 44.5. The van der Waals surface area contributed by atoms with Gasteiger partial charge in [-0.05, 0) is 12.8 Å². The van der Waals surface area contributed by atoms with Crippen LogP contribution in [0.4, 0.5) is 0 Å². The molecule has 0 rings (SSSR count). The van der Waals surface area contributed by atoms with Gasteiger partial charge < -0.3 is 26.9 Å². The number of rotatable bonds is 30. The van der Waals surface area contributed by atoms with E-state index in [4.69, 9.17) is 9.47 Å². The van der Waals surface area contributed by atoms with Gasteiger partial charge >= 0.3 is 83.0 Å². The first-order chi connectivity index (χ1) is 22.7. The number of hydrogen-bond donors (Lipinski definition) is 0. The maximum absolute atomic E-state index is 11.3. The molecule has 0 spiro atoms. The van der Waals surface area contributed by atoms with Crippen LogP contribution in [-0.4, -0.2) is 63.0 Å². The second-order valence-corrected chi connectivity index (χ2v) is 13.5. The number of ether oxygens (including phenoxy) is 2. The number of hydrogen-bond acceptors (Lipinski definition) is 14. The molecule has 0 radical (unpaired) electrons. The van der Waals surface area contributed by atoms with Gasteiger partial charge in [-0.25, -0.2) is 16.8 Å². The number of carbonyl (C=O) groups is 4. The van der Waals surface area contributed by atoms with Gasteiger partial charge in [-0.15, -0.1) is 0 Å². The minimum Gasteiger partial charge on any atom is -0.716 e. The van der Waals surface area contributed by atoms with Crippen LogP contribution in [0.3, 0.4) is 0 Å². The van der Waals surface area contributed by atoms with Crippen LogP contribution < -0.4 is 59.1 Å². The third-order valence-electron chi connectivity index (χ3n) is 6.98. The second kappa shape index (κ2) is 38.4. The van der Waals surface area contributed by atoms with Gasteiger partial charge in [0.05, 0.1) is 38.9 Å². The van der Waals surface area contributed by atoms with E-state index < -0.39 is 57.5 Å². The Morgan fingerprint density at radius 3 is 0.860 bits per heavy atom. The molecule has 18 heteroatoms. The number of esters is 2. The van der Waals surface area contributed by atoms with Crippen LogP contribution in [0, 0.1) is 0 Å². The van der Waals surface area contributed by atoms with Crippen molar-refractivity contribution in [3.8, 4) is 0 Å². The average molecular weight is 777 g/mol. The van der Waals surface area contributed by atoms with Crippen LogP contribution in [0.15, 0.2) is 0 Å². The Bertz CT molecular complexity index is 987. The Hall–Kier alpha value is -0.300. The first-order valence-corrected chi connectivity index (χ1v) is 20.0. The third-order valence-corrected chi connectivity index (χ3v) is 7.76. The molecule has 284 valence electrons. The summed E-state index contributed by atoms with van der Waals surface area (Å²) >= 11 is 0. The molecule has 0 aliphatic rings. The van der Waals surface area contributed by atoms with Crippen LogP contribution in [0.5, 0.6) is 0 Å². The van der Waals surface area contributed by atoms with Crippen LogP contribution in [0.25, 0.3) is 0 Å². The monoisotopic (exact) mass is 776 g/mol. The summed E-state index contributed by atoms with van der Waals surface area (Å²) in [6.07, 6.45) is 22.0. The summed E-state index contributed by atoms with van der Waals surface area (Å²) in [5.74, 6) is -3.71. The molecule has 0 saturated heterocycles. The van der Waals surface area contributed by atoms with E-state index in [0.717, 1.165) is 38.5 Å². The number of unbranched alkanes of at least 4 members (excludes halogenated alkanes) is 18. The van der Waals surface area contributed by atoms with Crippen LogP contribution >= 0.6 is 0 Å². The largest absolute Gasteiger partial charge is 1.00 e. The van der Waals surface area contributed by atoms with E-state index in [-0.39, 0.29) is 85.2 Å². The fourth-order valence-electron chi connectivity index (χ4n) is 4.41. The van der Waals surface area contributed by atoms with E-state index in [9.17, 15) is 45.1 Å². The fraction of sp³-hybridized carbons (Fsp3) is 0.875. The van der Waals surface area contributed by atoms with Crippen molar-refractivity contribution in [3.63, 3.8) is 0 Å². The van der Waals surface area contributed by atoms with Gasteiger partial charge in [0.1, 0.15) is 0 Å². The molecule has 0 amide bonds. The van der Waals surface area contributed by atoms with Gasteiger partial charge in [-0.1, -0.05) is 129 Å². The molecule has 0 atom stereocenters. The van der Waals surface area contributed by atoms with Gasteiger partial charge in [0, 0.05) is 0 Å². The van der Waals surface area contributed by atoms with Crippen molar-refractivity contribution >= 4 is 44.7 Å². The van der Waals surface area contributed by atoms with Crippen molar-refractivity contribution in [1.82, 2.24) is 0 Å². The molecule has 50 heavy (non-hydrogen) atoms. The Kier molecular flexibility index (Phi) is 43.4. The topological polar surface area (TPSA) is 220 Å². The summed E-state index contributed by atoms with van der Waals surface area (Å²) in [7, 11) is -10.1. The molecule has 0 aromatic heterocycles. The summed E-state index contributed by atoms with van der Waals surface area (Å²) in [5, 5.41) is 0. The SMILES string of the molecule is CCCCCCCCCCCCOC(=O)CCC(=O)OS(=O)(=O)[O-].CCCCCCCCCCCCOC(=O)CCC(=O)OS(=O)(=O)[O-].[Na+].[Na+]. The zero-order chi connectivity index (χ0) is 36.5. The molecular formula is C32H58Na2O14S2. The van der Waals surface area contributed by atoms with Crippen molar-refractivity contribution in [2.24, 2.45) is 0 Å². The molecule has 0 aromatic rings. The Morgan fingerprint density at radius 1 is 0.400 bits per heavy atom. The van der Waals surface area contributed by atoms with Gasteiger partial charge in [-0.3, -0.25) is 19.2 Å². The Balaban J connectivity index is -0.000000407. The van der Waals surface area contributed by atoms with Crippen molar-refractivity contribution < 1.29 is 122 Å². The van der Waals surface area contributed by atoms with Gasteiger partial charge in [0.25, 0.3) is 20.8 Å². The number of carbonyl (C=O) groups excluding carboxylic acids is 4. The predicted octanol–water partition coefficient (Wildman–Crippen LogP) is 0.476. The van der Waals surface area contributed by atoms with Crippen LogP contribution in [0.2, 0.25) is 0 Å². The Labute approximate surface area is 345 Å². The quantitative estimate of drug-likeness (QED) is 0.0319. The van der Waals surface area contributed by atoms with Gasteiger partial charge in [0.15, 0.2) is 0 Å². The standard InChI is InChI=1S/2C16H30O7S.2Na/c2*1-2-3-4-5-6-7-8-9-10-11-14-22-15(17)12-13-16(18)23-24(19,20)21;;/h2*2-14H2,1H3,(H,19,20,21);;/q;;2*+1/p-2. The molecule has 0 heterocycles. The van der Waals surface area contributed by atoms with Crippen molar-refractivity contribution in [2.45, 2.75) is 168 Å². The van der Waals surface area contributed by atoms with E-state index in [0.29, 0.717) is 0 Å². The summed E-state index contributed by atoms with van der Waals surface area (Å²) < 4.78 is 77.9. The molecule has 0 aliphatic heterocycles. The van der Waals surface area contributed by atoms with Crippen molar-refractivity contribution in [3.05, 3.63) is 0 Å². The molecule has 0 aromatic carbocycles. The molecule has 0 aliphatic carbocycles. The second-order valence-electron chi connectivity index (χ2n) is 11.5. The molecule has 0 bridgehead atoms. The molecule has 0 N–H and O–H groups in total. The van der Waals surface area contributed by atoms with E-state index in [2.05, 4.69) is 22.2 Å². The fourth-order valence-corrected chi connectivity index (χ4v) is 5.04. The maximum Gasteiger partial charge on any atom is 1.00 e. The normalized spacial score (nSPS) is 10.8. The van der Waals surface area contributed by atoms with E-state index in [1.54, 1.807) is 0 Å². The molecule has 0 unspecified atom stereocenters. The summed E-state index contributed by atoms with van der Waals surface area (Å²) in [6, 6.07) is 0. The van der Waals surface area contributed by atoms with Crippen LogP contribution in [0.1, 0.15) is 168 Å². The molecular weight excluding hydrogens is 718 g/mol. The first kappa shape index (κ1) is 56.4. The predicted molar refractivity (Wildman–Crippen MR) is 176 cm³/mol. The minimum atomic E-state index is -5.06. The van der Waals surface area contributed by atoms with Gasteiger partial charge in [-0.2, -0.15) is 0 Å². The zero-order valence-electron chi connectivity index (χ0n) is 30.9. The third kappa shape index (κ3) is 49.8. The Morgan fingerprint density at radius 2 is 0.620 bits per heavy atom. The van der Waals surface area contributed by atoms with Crippen molar-refractivity contribution in [1.29, 1.82) is 0 Å². The van der Waals surface area contributed by atoms with E-state index >= 15 is 0 Å². The van der Waals surface area contributed by atoms with E-state index in [1.807, 2.05) is 0 Å². The zero-order valence-corrected chi connectivity index (χ0v) is 36.5. The average Bonchev–Trinajstić information content (AvgIpc) is 2.99. The molecule has 14 nitrogen and oxygen atoms in total. The first-order valence-electron chi connectivity index (χ1n) is 17.4. The smallest absolute Gasteiger partial charge is 0.716 e. The van der Waals surface area contributed by atoms with Crippen molar-refractivity contribution in [2.75, 3.05) is 13.2 Å². The molecule has 0 fully saturated rings.